The van der Waals surface area contributed by atoms with E-state index in [4.69, 9.17) is 4.74 Å². The Morgan fingerprint density at radius 3 is 2.71 bits per heavy atom. The van der Waals surface area contributed by atoms with E-state index in [0.29, 0.717) is 0 Å². The van der Waals surface area contributed by atoms with E-state index in [9.17, 15) is 4.79 Å². The zero-order chi connectivity index (χ0) is 15.4. The maximum absolute atomic E-state index is 12.5. The van der Waals surface area contributed by atoms with Gasteiger partial charge in [0.2, 0.25) is 0 Å². The Morgan fingerprint density at radius 2 is 2.10 bits per heavy atom. The second kappa shape index (κ2) is 7.09. The molecular weight excluding hydrogens is 350 g/mol. The smallest absolute Gasteiger partial charge is 0.265 e. The number of carbonyl (C=O) groups is 1. The Labute approximate surface area is 137 Å². The first-order valence-electron chi connectivity index (χ1n) is 6.66. The van der Waals surface area contributed by atoms with Gasteiger partial charge in [-0.05, 0) is 52.4 Å². The summed E-state index contributed by atoms with van der Waals surface area (Å²) in [7, 11) is 3.51. The van der Waals surface area contributed by atoms with Crippen LogP contribution in [0.15, 0.2) is 40.2 Å². The predicted octanol–water partition coefficient (Wildman–Crippen LogP) is 4.22. The predicted molar refractivity (Wildman–Crippen MR) is 90.3 cm³/mol. The summed E-state index contributed by atoms with van der Waals surface area (Å²) >= 11 is 4.87. The van der Waals surface area contributed by atoms with Gasteiger partial charge in [0, 0.05) is 17.6 Å². The van der Waals surface area contributed by atoms with Gasteiger partial charge in [-0.3, -0.25) is 4.79 Å². The fourth-order valence-corrected chi connectivity index (χ4v) is 3.66. The maximum atomic E-state index is 12.5. The molecule has 112 valence electrons. The standard InChI is InChI=1S/C16H18BrNO2S/c1-11(10-12-6-4-5-7-14(12)20-3)18(2)16(19)15-13(17)8-9-21-15/h4-9,11H,10H2,1-3H3. The van der Waals surface area contributed by atoms with E-state index in [2.05, 4.69) is 15.9 Å². The molecule has 1 atom stereocenters. The minimum absolute atomic E-state index is 0.0410. The molecule has 21 heavy (non-hydrogen) atoms. The molecule has 1 amide bonds. The molecule has 0 saturated heterocycles. The maximum Gasteiger partial charge on any atom is 0.265 e. The summed E-state index contributed by atoms with van der Waals surface area (Å²) in [6.45, 7) is 2.05. The second-order valence-electron chi connectivity index (χ2n) is 4.88. The summed E-state index contributed by atoms with van der Waals surface area (Å²) < 4.78 is 6.22. The van der Waals surface area contributed by atoms with Gasteiger partial charge in [0.05, 0.1) is 7.11 Å². The quantitative estimate of drug-likeness (QED) is 0.791. The number of ether oxygens (including phenoxy) is 1. The number of rotatable bonds is 5. The van der Waals surface area contributed by atoms with Crippen molar-refractivity contribution in [2.75, 3.05) is 14.2 Å². The number of hydrogen-bond acceptors (Lipinski definition) is 3. The Bertz CT molecular complexity index is 626. The summed E-state index contributed by atoms with van der Waals surface area (Å²) in [6.07, 6.45) is 0.759. The summed E-state index contributed by atoms with van der Waals surface area (Å²) in [5.41, 5.74) is 1.11. The number of hydrogen-bond donors (Lipinski definition) is 0. The molecule has 0 N–H and O–H groups in total. The average Bonchev–Trinajstić information content (AvgIpc) is 2.92. The fourth-order valence-electron chi connectivity index (χ4n) is 2.13. The monoisotopic (exact) mass is 367 g/mol. The van der Waals surface area contributed by atoms with Crippen LogP contribution in [0.25, 0.3) is 0 Å². The Balaban J connectivity index is 2.11. The number of halogens is 1. The van der Waals surface area contributed by atoms with Gasteiger partial charge in [0.1, 0.15) is 10.6 Å². The highest BCUT2D eigenvalue weighted by molar-refractivity contribution is 9.10. The van der Waals surface area contributed by atoms with Crippen LogP contribution in [-0.2, 0) is 6.42 Å². The van der Waals surface area contributed by atoms with Crippen LogP contribution in [0.4, 0.5) is 0 Å². The van der Waals surface area contributed by atoms with Gasteiger partial charge < -0.3 is 9.64 Å². The number of carbonyl (C=O) groups excluding carboxylic acids is 1. The third kappa shape index (κ3) is 3.66. The molecule has 0 aliphatic heterocycles. The van der Waals surface area contributed by atoms with Crippen molar-refractivity contribution in [1.29, 1.82) is 0 Å². The topological polar surface area (TPSA) is 29.5 Å². The van der Waals surface area contributed by atoms with Crippen molar-refractivity contribution in [1.82, 2.24) is 4.90 Å². The van der Waals surface area contributed by atoms with E-state index in [1.807, 2.05) is 49.7 Å². The molecule has 2 aromatic rings. The Morgan fingerprint density at radius 1 is 1.38 bits per heavy atom. The summed E-state index contributed by atoms with van der Waals surface area (Å²) in [5.74, 6) is 0.904. The lowest BCUT2D eigenvalue weighted by atomic mass is 10.0. The first-order valence-corrected chi connectivity index (χ1v) is 8.34. The van der Waals surface area contributed by atoms with Crippen LogP contribution in [0.5, 0.6) is 5.75 Å². The fraction of sp³-hybridized carbons (Fsp3) is 0.312. The largest absolute Gasteiger partial charge is 0.496 e. The lowest BCUT2D eigenvalue weighted by Crippen LogP contribution is -2.36. The van der Waals surface area contributed by atoms with Crippen LogP contribution in [-0.4, -0.2) is 31.0 Å². The first kappa shape index (κ1) is 16.0. The molecule has 0 spiro atoms. The summed E-state index contributed by atoms with van der Waals surface area (Å²) in [4.78, 5) is 15.0. The number of amides is 1. The van der Waals surface area contributed by atoms with Gasteiger partial charge in [-0.2, -0.15) is 0 Å². The number of methoxy groups -OCH3 is 1. The number of thiophene rings is 1. The number of nitrogens with zero attached hydrogens (tertiary/aromatic N) is 1. The van der Waals surface area contributed by atoms with Crippen LogP contribution in [0.3, 0.4) is 0 Å². The summed E-state index contributed by atoms with van der Waals surface area (Å²) in [6, 6.07) is 9.90. The van der Waals surface area contributed by atoms with E-state index in [0.717, 1.165) is 27.1 Å². The molecule has 2 rings (SSSR count). The normalized spacial score (nSPS) is 12.0. The Hall–Kier alpha value is -1.33. The van der Waals surface area contributed by atoms with Crippen molar-refractivity contribution in [2.24, 2.45) is 0 Å². The number of likely N-dealkylation sites (N-methyl/N-ethyl adjacent to an activating group) is 1. The van der Waals surface area contributed by atoms with Crippen LogP contribution in [0.2, 0.25) is 0 Å². The van der Waals surface area contributed by atoms with Crippen LogP contribution < -0.4 is 4.74 Å². The first-order chi connectivity index (χ1) is 10.0. The molecule has 1 aromatic heterocycles. The Kier molecular flexibility index (Phi) is 5.42. The van der Waals surface area contributed by atoms with Crippen molar-refractivity contribution >= 4 is 33.2 Å². The minimum atomic E-state index is 0.0410. The molecule has 1 unspecified atom stereocenters. The number of benzene rings is 1. The van der Waals surface area contributed by atoms with Crippen molar-refractivity contribution in [3.63, 3.8) is 0 Å². The third-order valence-corrected chi connectivity index (χ3v) is 5.33. The van der Waals surface area contributed by atoms with Crippen molar-refractivity contribution < 1.29 is 9.53 Å². The van der Waals surface area contributed by atoms with Gasteiger partial charge in [-0.25, -0.2) is 0 Å². The van der Waals surface area contributed by atoms with Crippen LogP contribution in [0.1, 0.15) is 22.2 Å². The molecule has 3 nitrogen and oxygen atoms in total. The molecule has 1 heterocycles. The molecule has 0 fully saturated rings. The third-order valence-electron chi connectivity index (χ3n) is 3.50. The summed E-state index contributed by atoms with van der Waals surface area (Å²) in [5, 5.41) is 1.91. The lowest BCUT2D eigenvalue weighted by molar-refractivity contribution is 0.0747. The van der Waals surface area contributed by atoms with Crippen LogP contribution in [0, 0.1) is 0 Å². The minimum Gasteiger partial charge on any atom is -0.496 e. The van der Waals surface area contributed by atoms with E-state index in [-0.39, 0.29) is 11.9 Å². The lowest BCUT2D eigenvalue weighted by Gasteiger charge is -2.25. The van der Waals surface area contributed by atoms with Crippen molar-refractivity contribution in [2.45, 2.75) is 19.4 Å². The molecule has 0 radical (unpaired) electrons. The molecule has 5 heteroatoms. The molecular formula is C16H18BrNO2S. The SMILES string of the molecule is COc1ccccc1CC(C)N(C)C(=O)c1sccc1Br. The van der Waals surface area contributed by atoms with Gasteiger partial charge in [-0.1, -0.05) is 18.2 Å². The van der Waals surface area contributed by atoms with E-state index in [1.165, 1.54) is 11.3 Å². The van der Waals surface area contributed by atoms with Crippen LogP contribution >= 0.6 is 27.3 Å². The van der Waals surface area contributed by atoms with E-state index in [1.54, 1.807) is 12.0 Å². The molecule has 0 aliphatic rings. The van der Waals surface area contributed by atoms with E-state index < -0.39 is 0 Å². The highest BCUT2D eigenvalue weighted by Gasteiger charge is 2.21. The average molecular weight is 368 g/mol. The zero-order valence-electron chi connectivity index (χ0n) is 12.3. The van der Waals surface area contributed by atoms with Crippen molar-refractivity contribution in [3.05, 3.63) is 50.6 Å². The highest BCUT2D eigenvalue weighted by atomic mass is 79.9. The van der Waals surface area contributed by atoms with Crippen molar-refractivity contribution in [3.8, 4) is 5.75 Å². The molecule has 1 aromatic carbocycles. The van der Waals surface area contributed by atoms with Gasteiger partial charge in [0.15, 0.2) is 0 Å². The highest BCUT2D eigenvalue weighted by Crippen LogP contribution is 2.26. The van der Waals surface area contributed by atoms with Gasteiger partial charge in [0.25, 0.3) is 5.91 Å². The molecule has 0 aliphatic carbocycles. The molecule has 0 saturated carbocycles. The van der Waals surface area contributed by atoms with Gasteiger partial charge in [-0.15, -0.1) is 11.3 Å². The number of para-hydroxylation sites is 1. The second-order valence-corrected chi connectivity index (χ2v) is 6.65. The van der Waals surface area contributed by atoms with E-state index >= 15 is 0 Å². The molecule has 0 bridgehead atoms. The van der Waals surface area contributed by atoms with Gasteiger partial charge >= 0.3 is 0 Å². The zero-order valence-corrected chi connectivity index (χ0v) is 14.7.